The molecule has 0 aromatic carbocycles. The van der Waals surface area contributed by atoms with Crippen molar-refractivity contribution in [3.8, 4) is 11.3 Å². The molecule has 1 aliphatic heterocycles. The monoisotopic (exact) mass is 454 g/mol. The number of piperidine rings is 1. The summed E-state index contributed by atoms with van der Waals surface area (Å²) in [5, 5.41) is 3.97. The van der Waals surface area contributed by atoms with Crippen molar-refractivity contribution < 1.29 is 21.6 Å². The number of sulfonamides is 1. The van der Waals surface area contributed by atoms with Crippen molar-refractivity contribution in [2.75, 3.05) is 30.8 Å². The van der Waals surface area contributed by atoms with Gasteiger partial charge in [-0.25, -0.2) is 40.8 Å². The number of anilines is 1. The highest BCUT2D eigenvalue weighted by Crippen LogP contribution is 2.30. The van der Waals surface area contributed by atoms with Gasteiger partial charge < -0.3 is 4.90 Å². The summed E-state index contributed by atoms with van der Waals surface area (Å²) in [6.45, 7) is 0.227. The molecule has 0 aliphatic carbocycles. The van der Waals surface area contributed by atoms with E-state index < -0.39 is 22.1 Å². The summed E-state index contributed by atoms with van der Waals surface area (Å²) < 4.78 is 67.7. The Labute approximate surface area is 177 Å². The van der Waals surface area contributed by atoms with Crippen molar-refractivity contribution in [1.29, 1.82) is 0 Å². The summed E-state index contributed by atoms with van der Waals surface area (Å²) in [5.41, 5.74) is -0.525. The van der Waals surface area contributed by atoms with Crippen LogP contribution in [0, 0.1) is 0 Å². The van der Waals surface area contributed by atoms with Crippen LogP contribution in [0.2, 0.25) is 0 Å². The summed E-state index contributed by atoms with van der Waals surface area (Å²) in [6, 6.07) is 6.11. The van der Waals surface area contributed by atoms with Gasteiger partial charge in [0.1, 0.15) is 17.2 Å². The second-order valence-corrected chi connectivity index (χ2v) is 9.48. The average Bonchev–Trinajstić information content (AvgIpc) is 3.15. The van der Waals surface area contributed by atoms with Crippen molar-refractivity contribution in [2.24, 2.45) is 0 Å². The van der Waals surface area contributed by atoms with Gasteiger partial charge in [0, 0.05) is 24.8 Å². The van der Waals surface area contributed by atoms with Crippen LogP contribution in [0.4, 0.5) is 19.0 Å². The molecule has 1 N–H and O–H groups in total. The van der Waals surface area contributed by atoms with E-state index in [9.17, 15) is 17.2 Å². The normalized spacial score (nSPS) is 20.0. The smallest absolute Gasteiger partial charge is 0.282 e. The highest BCUT2D eigenvalue weighted by Gasteiger charge is 2.36. The van der Waals surface area contributed by atoms with E-state index in [1.807, 2.05) is 0 Å². The van der Waals surface area contributed by atoms with Gasteiger partial charge in [0.2, 0.25) is 10.0 Å². The first-order chi connectivity index (χ1) is 14.6. The molecule has 4 rings (SSSR count). The van der Waals surface area contributed by atoms with Crippen LogP contribution in [0.25, 0.3) is 16.9 Å². The number of hydrogen-bond acceptors (Lipinski definition) is 6. The molecule has 12 heteroatoms. The number of pyridine rings is 1. The Bertz CT molecular complexity index is 1200. The third-order valence-corrected chi connectivity index (χ3v) is 5.82. The van der Waals surface area contributed by atoms with Crippen LogP contribution in [0.1, 0.15) is 25.0 Å². The first-order valence-electron chi connectivity index (χ1n) is 9.61. The molecular weight excluding hydrogens is 433 g/mol. The lowest BCUT2D eigenvalue weighted by atomic mass is 9.95. The number of imidazole rings is 1. The SMILES string of the molecule is CS(=O)(=O)NCC1(F)CCCN(c2cc(-c3cnc4ccc(C(F)F)nn34)ccn2)C1. The van der Waals surface area contributed by atoms with Gasteiger partial charge in [-0.2, -0.15) is 5.10 Å². The summed E-state index contributed by atoms with van der Waals surface area (Å²) in [6.07, 6.45) is 2.12. The van der Waals surface area contributed by atoms with E-state index in [0.29, 0.717) is 35.7 Å². The minimum Gasteiger partial charge on any atom is -0.353 e. The van der Waals surface area contributed by atoms with Crippen molar-refractivity contribution in [2.45, 2.75) is 24.9 Å². The lowest BCUT2D eigenvalue weighted by molar-refractivity contribution is 0.141. The fourth-order valence-corrected chi connectivity index (χ4v) is 4.16. The Morgan fingerprint density at radius 3 is 2.81 bits per heavy atom. The van der Waals surface area contributed by atoms with Crippen LogP contribution in [-0.4, -0.2) is 59.6 Å². The third kappa shape index (κ3) is 4.79. The van der Waals surface area contributed by atoms with E-state index in [1.54, 1.807) is 23.2 Å². The third-order valence-electron chi connectivity index (χ3n) is 5.15. The number of aromatic nitrogens is 4. The Hall–Kier alpha value is -2.73. The van der Waals surface area contributed by atoms with E-state index in [-0.39, 0.29) is 25.2 Å². The van der Waals surface area contributed by atoms with Gasteiger partial charge in [-0.1, -0.05) is 0 Å². The van der Waals surface area contributed by atoms with Gasteiger partial charge in [-0.15, -0.1) is 0 Å². The molecule has 0 spiro atoms. The fraction of sp³-hybridized carbons (Fsp3) is 0.421. The Balaban J connectivity index is 1.62. The topological polar surface area (TPSA) is 92.5 Å². The number of alkyl halides is 3. The van der Waals surface area contributed by atoms with Crippen molar-refractivity contribution in [1.82, 2.24) is 24.3 Å². The second-order valence-electron chi connectivity index (χ2n) is 7.64. The largest absolute Gasteiger partial charge is 0.353 e. The molecule has 0 bridgehead atoms. The van der Waals surface area contributed by atoms with Gasteiger partial charge in [0.15, 0.2) is 5.65 Å². The van der Waals surface area contributed by atoms with Gasteiger partial charge >= 0.3 is 0 Å². The quantitative estimate of drug-likeness (QED) is 0.616. The Kier molecular flexibility index (Phi) is 5.60. The lowest BCUT2D eigenvalue weighted by Gasteiger charge is -2.38. The van der Waals surface area contributed by atoms with Crippen LogP contribution in [-0.2, 0) is 10.0 Å². The van der Waals surface area contributed by atoms with Crippen LogP contribution < -0.4 is 9.62 Å². The molecule has 31 heavy (non-hydrogen) atoms. The Morgan fingerprint density at radius 2 is 2.06 bits per heavy atom. The predicted molar refractivity (Wildman–Crippen MR) is 109 cm³/mol. The molecule has 0 saturated carbocycles. The molecule has 3 aromatic rings. The maximum atomic E-state index is 15.2. The molecule has 1 atom stereocenters. The molecule has 1 unspecified atom stereocenters. The predicted octanol–water partition coefficient (Wildman–Crippen LogP) is 2.59. The van der Waals surface area contributed by atoms with Gasteiger partial charge in [-0.05, 0) is 37.1 Å². The Morgan fingerprint density at radius 1 is 1.26 bits per heavy atom. The molecule has 166 valence electrons. The molecule has 1 aliphatic rings. The molecular formula is C19H21F3N6O2S. The van der Waals surface area contributed by atoms with E-state index >= 15 is 4.39 Å². The molecule has 0 radical (unpaired) electrons. The minimum atomic E-state index is -3.50. The molecule has 8 nitrogen and oxygen atoms in total. The maximum absolute atomic E-state index is 15.2. The number of fused-ring (bicyclic) bond motifs is 1. The second kappa shape index (κ2) is 8.08. The number of halogens is 3. The van der Waals surface area contributed by atoms with Crippen LogP contribution in [0.5, 0.6) is 0 Å². The van der Waals surface area contributed by atoms with Crippen molar-refractivity contribution >= 4 is 21.5 Å². The molecule has 3 aromatic heterocycles. The summed E-state index contributed by atoms with van der Waals surface area (Å²) in [4.78, 5) is 10.3. The van der Waals surface area contributed by atoms with Crippen LogP contribution in [0.15, 0.2) is 36.7 Å². The number of hydrogen-bond donors (Lipinski definition) is 1. The average molecular weight is 454 g/mol. The van der Waals surface area contributed by atoms with Gasteiger partial charge in [0.25, 0.3) is 6.43 Å². The van der Waals surface area contributed by atoms with E-state index in [4.69, 9.17) is 0 Å². The minimum absolute atomic E-state index is 0.0209. The van der Waals surface area contributed by atoms with Crippen LogP contribution in [0.3, 0.4) is 0 Å². The maximum Gasteiger partial charge on any atom is 0.282 e. The summed E-state index contributed by atoms with van der Waals surface area (Å²) in [7, 11) is -3.50. The number of rotatable bonds is 6. The van der Waals surface area contributed by atoms with Crippen LogP contribution >= 0.6 is 0 Å². The standard InChI is InChI=1S/C19H21F3N6O2S/c1-31(29,30)25-11-19(22)6-2-8-27(12-19)17-9-13(5-7-23-17)15-10-24-16-4-3-14(18(20)21)26-28(15)16/h3-5,7,9-10,18,25H,2,6,8,11-12H2,1H3. The fourth-order valence-electron chi connectivity index (χ4n) is 3.64. The van der Waals surface area contributed by atoms with E-state index in [0.717, 1.165) is 6.26 Å². The van der Waals surface area contributed by atoms with E-state index in [1.165, 1.54) is 22.8 Å². The number of nitrogens with one attached hydrogen (secondary N) is 1. The lowest BCUT2D eigenvalue weighted by Crippen LogP contribution is -2.51. The highest BCUT2D eigenvalue weighted by molar-refractivity contribution is 7.88. The molecule has 1 saturated heterocycles. The van der Waals surface area contributed by atoms with E-state index in [2.05, 4.69) is 19.8 Å². The van der Waals surface area contributed by atoms with Crippen molar-refractivity contribution in [3.05, 3.63) is 42.4 Å². The van der Waals surface area contributed by atoms with Crippen molar-refractivity contribution in [3.63, 3.8) is 0 Å². The zero-order valence-electron chi connectivity index (χ0n) is 16.7. The van der Waals surface area contributed by atoms with Gasteiger partial charge in [0.05, 0.1) is 24.7 Å². The number of nitrogens with zero attached hydrogens (tertiary/aromatic N) is 5. The zero-order valence-corrected chi connectivity index (χ0v) is 17.5. The highest BCUT2D eigenvalue weighted by atomic mass is 32.2. The molecule has 0 amide bonds. The summed E-state index contributed by atoms with van der Waals surface area (Å²) >= 11 is 0. The molecule has 4 heterocycles. The molecule has 1 fully saturated rings. The van der Waals surface area contributed by atoms with Gasteiger partial charge in [-0.3, -0.25) is 0 Å². The summed E-state index contributed by atoms with van der Waals surface area (Å²) in [5.74, 6) is 0.499. The first kappa shape index (κ1) is 21.5. The zero-order chi connectivity index (χ0) is 22.2. The first-order valence-corrected chi connectivity index (χ1v) is 11.5.